The van der Waals surface area contributed by atoms with Crippen LogP contribution < -0.4 is 4.74 Å². The molecule has 1 aliphatic heterocycles. The molecule has 1 aliphatic rings. The van der Waals surface area contributed by atoms with Gasteiger partial charge >= 0.3 is 0 Å². The van der Waals surface area contributed by atoms with Crippen molar-refractivity contribution in [1.82, 2.24) is 4.90 Å². The molecule has 2 atom stereocenters. The lowest BCUT2D eigenvalue weighted by Crippen LogP contribution is -2.43. The summed E-state index contributed by atoms with van der Waals surface area (Å²) >= 11 is 1.35. The third-order valence-corrected chi connectivity index (χ3v) is 7.06. The highest BCUT2D eigenvalue weighted by Crippen LogP contribution is 2.33. The Morgan fingerprint density at radius 2 is 1.83 bits per heavy atom. The Balaban J connectivity index is 1.45. The predicted molar refractivity (Wildman–Crippen MR) is 135 cm³/mol. The highest BCUT2D eigenvalue weighted by Gasteiger charge is 2.37. The van der Waals surface area contributed by atoms with Crippen molar-refractivity contribution in [1.29, 1.82) is 0 Å². The van der Waals surface area contributed by atoms with Crippen LogP contribution in [0.5, 0.6) is 5.75 Å². The molecule has 0 aromatic heterocycles. The molecule has 0 N–H and O–H groups in total. The number of carbonyl (C=O) groups is 2. The maximum absolute atomic E-state index is 13.8. The molecule has 0 spiro atoms. The first kappa shape index (κ1) is 25.9. The number of thioether (sulfide) groups is 1. The molecule has 0 unspecified atom stereocenters. The Morgan fingerprint density at radius 1 is 1.08 bits per heavy atom. The fourth-order valence-electron chi connectivity index (χ4n) is 4.48. The van der Waals surface area contributed by atoms with Crippen LogP contribution in [0.3, 0.4) is 0 Å². The number of halogens is 2. The minimum Gasteiger partial charge on any atom is -0.489 e. The molecule has 0 radical (unpaired) electrons. The summed E-state index contributed by atoms with van der Waals surface area (Å²) in [7, 11) is 1.58. The van der Waals surface area contributed by atoms with E-state index in [-0.39, 0.29) is 18.6 Å². The molecular weight excluding hydrogens is 484 g/mol. The van der Waals surface area contributed by atoms with Crippen molar-refractivity contribution >= 4 is 24.0 Å². The maximum atomic E-state index is 13.8. The number of likely N-dealkylation sites (tertiary alicyclic amines) is 1. The number of nitrogens with zero attached hydrogens (tertiary/aromatic N) is 1. The van der Waals surface area contributed by atoms with E-state index in [1.54, 1.807) is 54.5 Å². The normalized spacial score (nSPS) is 17.3. The van der Waals surface area contributed by atoms with E-state index >= 15 is 0 Å². The van der Waals surface area contributed by atoms with E-state index in [1.807, 2.05) is 12.3 Å². The molecular formula is C28H27F2NO4S. The van der Waals surface area contributed by atoms with Gasteiger partial charge in [0.15, 0.2) is 11.6 Å². The second-order valence-corrected chi connectivity index (χ2v) is 9.43. The standard InChI is InChI=1S/C28H27F2NO4S/c1-34-17-22-9-8-21(15-32)31(22)28(33)20-5-3-4-18(12-20)16-35-23-10-6-19(7-11-23)24-13-25(29)26(30)14-27(24)36-2/h3-7,10-15,21-22H,8-9,16-17H2,1-2H3/t21-,22+/m0/s1. The lowest BCUT2D eigenvalue weighted by Gasteiger charge is -2.27. The third-order valence-electron chi connectivity index (χ3n) is 6.28. The molecule has 188 valence electrons. The highest BCUT2D eigenvalue weighted by molar-refractivity contribution is 7.98. The molecule has 3 aromatic rings. The number of benzene rings is 3. The van der Waals surface area contributed by atoms with E-state index in [0.29, 0.717) is 34.8 Å². The molecule has 1 saturated heterocycles. The summed E-state index contributed by atoms with van der Waals surface area (Å²) in [4.78, 5) is 27.0. The van der Waals surface area contributed by atoms with Crippen LogP contribution in [0.1, 0.15) is 28.8 Å². The van der Waals surface area contributed by atoms with Gasteiger partial charge < -0.3 is 19.2 Å². The van der Waals surface area contributed by atoms with E-state index in [2.05, 4.69) is 0 Å². The minimum atomic E-state index is -0.889. The van der Waals surface area contributed by atoms with Crippen molar-refractivity contribution in [3.05, 3.63) is 83.4 Å². The SMILES string of the molecule is COC[C@H]1CC[C@@H](C=O)N1C(=O)c1cccc(COc2ccc(-c3cc(F)c(F)cc3SC)cc2)c1. The number of ether oxygens (including phenoxy) is 2. The molecule has 1 amide bonds. The first-order valence-electron chi connectivity index (χ1n) is 11.6. The van der Waals surface area contributed by atoms with Crippen LogP contribution in [0, 0.1) is 11.6 Å². The van der Waals surface area contributed by atoms with Gasteiger partial charge in [-0.15, -0.1) is 11.8 Å². The molecule has 0 aliphatic carbocycles. The minimum absolute atomic E-state index is 0.127. The monoisotopic (exact) mass is 511 g/mol. The molecule has 4 rings (SSSR count). The summed E-state index contributed by atoms with van der Waals surface area (Å²) < 4.78 is 38.5. The first-order valence-corrected chi connectivity index (χ1v) is 12.8. The van der Waals surface area contributed by atoms with Crippen molar-refractivity contribution in [3.8, 4) is 16.9 Å². The number of methoxy groups -OCH3 is 1. The van der Waals surface area contributed by atoms with Crippen LogP contribution in [0.15, 0.2) is 65.6 Å². The molecule has 5 nitrogen and oxygen atoms in total. The van der Waals surface area contributed by atoms with Gasteiger partial charge in [-0.05, 0) is 72.2 Å². The second kappa shape index (κ2) is 11.7. The van der Waals surface area contributed by atoms with Crippen LogP contribution in [0.25, 0.3) is 11.1 Å². The molecule has 1 heterocycles. The molecule has 0 bridgehead atoms. The Hall–Kier alpha value is -3.23. The van der Waals surface area contributed by atoms with Crippen molar-refractivity contribution in [2.75, 3.05) is 20.0 Å². The highest BCUT2D eigenvalue weighted by atomic mass is 32.2. The van der Waals surface area contributed by atoms with Crippen LogP contribution in [0.2, 0.25) is 0 Å². The van der Waals surface area contributed by atoms with Gasteiger partial charge in [-0.2, -0.15) is 0 Å². The molecule has 8 heteroatoms. The fourth-order valence-corrected chi connectivity index (χ4v) is 5.10. The average molecular weight is 512 g/mol. The van der Waals surface area contributed by atoms with Crippen molar-refractivity contribution < 1.29 is 27.8 Å². The Bertz CT molecular complexity index is 1230. The zero-order valence-electron chi connectivity index (χ0n) is 20.1. The van der Waals surface area contributed by atoms with E-state index in [1.165, 1.54) is 23.9 Å². The lowest BCUT2D eigenvalue weighted by atomic mass is 10.1. The van der Waals surface area contributed by atoms with E-state index < -0.39 is 17.7 Å². The van der Waals surface area contributed by atoms with Gasteiger partial charge in [0.25, 0.3) is 5.91 Å². The van der Waals surface area contributed by atoms with E-state index in [9.17, 15) is 18.4 Å². The quantitative estimate of drug-likeness (QED) is 0.270. The molecule has 1 fully saturated rings. The summed E-state index contributed by atoms with van der Waals surface area (Å²) in [5, 5.41) is 0. The average Bonchev–Trinajstić information content (AvgIpc) is 3.31. The predicted octanol–water partition coefficient (Wildman–Crippen LogP) is 5.75. The van der Waals surface area contributed by atoms with Gasteiger partial charge in [-0.3, -0.25) is 4.79 Å². The summed E-state index contributed by atoms with van der Waals surface area (Å²) in [5.74, 6) is -1.36. The van der Waals surface area contributed by atoms with Gasteiger partial charge in [0, 0.05) is 17.6 Å². The van der Waals surface area contributed by atoms with Crippen molar-refractivity contribution in [3.63, 3.8) is 0 Å². The Morgan fingerprint density at radius 3 is 2.53 bits per heavy atom. The smallest absolute Gasteiger partial charge is 0.254 e. The Kier molecular flexibility index (Phi) is 8.38. The van der Waals surface area contributed by atoms with Crippen molar-refractivity contribution in [2.45, 2.75) is 36.4 Å². The number of hydrogen-bond donors (Lipinski definition) is 0. The molecule has 3 aromatic carbocycles. The van der Waals surface area contributed by atoms with Crippen LogP contribution >= 0.6 is 11.8 Å². The largest absolute Gasteiger partial charge is 0.489 e. The molecule has 36 heavy (non-hydrogen) atoms. The lowest BCUT2D eigenvalue weighted by molar-refractivity contribution is -0.111. The maximum Gasteiger partial charge on any atom is 0.254 e. The van der Waals surface area contributed by atoms with Gasteiger partial charge in [-0.1, -0.05) is 24.3 Å². The van der Waals surface area contributed by atoms with Crippen LogP contribution in [-0.4, -0.2) is 49.1 Å². The topological polar surface area (TPSA) is 55.8 Å². The van der Waals surface area contributed by atoms with E-state index in [4.69, 9.17) is 9.47 Å². The van der Waals surface area contributed by atoms with Gasteiger partial charge in [-0.25, -0.2) is 8.78 Å². The summed E-state index contributed by atoms with van der Waals surface area (Å²) in [6, 6.07) is 16.1. The van der Waals surface area contributed by atoms with Crippen LogP contribution in [0.4, 0.5) is 8.78 Å². The third kappa shape index (κ3) is 5.60. The number of carbonyl (C=O) groups excluding carboxylic acids is 2. The molecule has 0 saturated carbocycles. The summed E-state index contributed by atoms with van der Waals surface area (Å²) in [6.45, 7) is 0.623. The van der Waals surface area contributed by atoms with Gasteiger partial charge in [0.2, 0.25) is 0 Å². The van der Waals surface area contributed by atoms with Gasteiger partial charge in [0.05, 0.1) is 18.7 Å². The number of hydrogen-bond acceptors (Lipinski definition) is 5. The zero-order chi connectivity index (χ0) is 25.7. The second-order valence-electron chi connectivity index (χ2n) is 8.58. The summed E-state index contributed by atoms with van der Waals surface area (Å²) in [5.41, 5.74) is 2.66. The van der Waals surface area contributed by atoms with Crippen LogP contribution in [-0.2, 0) is 16.1 Å². The number of rotatable bonds is 9. The Labute approximate surface area is 213 Å². The number of amides is 1. The van der Waals surface area contributed by atoms with Crippen molar-refractivity contribution in [2.24, 2.45) is 0 Å². The number of aldehydes is 1. The zero-order valence-corrected chi connectivity index (χ0v) is 20.9. The fraction of sp³-hybridized carbons (Fsp3) is 0.286. The van der Waals surface area contributed by atoms with E-state index in [0.717, 1.165) is 23.8 Å². The first-order chi connectivity index (χ1) is 17.4. The van der Waals surface area contributed by atoms with Gasteiger partial charge in [0.1, 0.15) is 18.6 Å². The summed E-state index contributed by atoms with van der Waals surface area (Å²) in [6.07, 6.45) is 4.00.